The van der Waals surface area contributed by atoms with Crippen LogP contribution in [0.2, 0.25) is 0 Å². The van der Waals surface area contributed by atoms with E-state index >= 15 is 0 Å². The molecule has 16 heavy (non-hydrogen) atoms. The minimum atomic E-state index is -0.981. The molecule has 0 spiro atoms. The van der Waals surface area contributed by atoms with Crippen LogP contribution >= 0.6 is 0 Å². The zero-order chi connectivity index (χ0) is 12.1. The van der Waals surface area contributed by atoms with Crippen molar-refractivity contribution >= 4 is 27.2 Å². The molecule has 0 atom stereocenters. The van der Waals surface area contributed by atoms with Gasteiger partial charge in [0, 0.05) is 0 Å². The fraction of sp³-hybridized carbons (Fsp3) is 0.182. The Morgan fingerprint density at radius 2 is 1.94 bits per heavy atom. The Morgan fingerprint density at radius 3 is 2.44 bits per heavy atom. The Bertz CT molecular complexity index is 426. The van der Waals surface area contributed by atoms with Crippen molar-refractivity contribution < 1.29 is 19.4 Å². The Hall–Kier alpha value is -1.41. The van der Waals surface area contributed by atoms with Crippen LogP contribution in [0.25, 0.3) is 4.36 Å². The third-order valence-corrected chi connectivity index (χ3v) is 2.75. The summed E-state index contributed by atoms with van der Waals surface area (Å²) in [6.07, 6.45) is 1.13. The summed E-state index contributed by atoms with van der Waals surface area (Å²) in [4.78, 5) is 10.5. The number of carbonyl (C=O) groups is 1. The van der Waals surface area contributed by atoms with Crippen LogP contribution in [0.15, 0.2) is 24.3 Å². The Balaban J connectivity index is 3.13. The first-order valence-electron chi connectivity index (χ1n) is 4.44. The van der Waals surface area contributed by atoms with Crippen LogP contribution in [0.4, 0.5) is 0 Å². The Morgan fingerprint density at radius 1 is 1.31 bits per heavy atom. The van der Waals surface area contributed by atoms with Crippen molar-refractivity contribution in [1.29, 1.82) is 0 Å². The molecule has 5 heteroatoms. The van der Waals surface area contributed by atoms with E-state index in [0.717, 1.165) is 11.6 Å². The molecule has 0 saturated carbocycles. The van der Waals surface area contributed by atoms with Crippen LogP contribution in [-0.4, -0.2) is 42.1 Å². The summed E-state index contributed by atoms with van der Waals surface area (Å²) in [5.74, 6) is 0.203. The third kappa shape index (κ3) is 3.04. The topological polar surface area (TPSA) is 55.8 Å². The third-order valence-electron chi connectivity index (χ3n) is 1.94. The molecule has 1 rings (SSSR count). The predicted octanol–water partition coefficient (Wildman–Crippen LogP) is 1.30. The van der Waals surface area contributed by atoms with Crippen molar-refractivity contribution in [2.75, 3.05) is 14.2 Å². The molecule has 84 valence electrons. The normalized spacial score (nSPS) is 11.1. The Kier molecular flexibility index (Phi) is 4.44. The predicted molar refractivity (Wildman–Crippen MR) is 60.9 cm³/mol. The number of aliphatic carboxylic acids is 1. The number of ether oxygens (including phenoxy) is 2. The van der Waals surface area contributed by atoms with E-state index in [1.54, 1.807) is 25.3 Å². The maximum absolute atomic E-state index is 10.5. The quantitative estimate of drug-likeness (QED) is 0.668. The molecular weight excluding hydrogens is 271 g/mol. The second-order valence-electron chi connectivity index (χ2n) is 2.94. The zero-order valence-electron chi connectivity index (χ0n) is 8.93. The van der Waals surface area contributed by atoms with Gasteiger partial charge in [0.05, 0.1) is 0 Å². The molecule has 0 aliphatic carbocycles. The van der Waals surface area contributed by atoms with E-state index in [4.69, 9.17) is 14.6 Å². The van der Waals surface area contributed by atoms with E-state index in [1.807, 2.05) is 0 Å². The standard InChI is InChI=1S/C11H11AsO4/c1-15-9-4-3-7(5-10(9)16-2)8(12)6-11(13)14/h3-6H,1-2H3,(H,13,14). The maximum atomic E-state index is 10.5. The van der Waals surface area contributed by atoms with Crippen LogP contribution in [-0.2, 0) is 4.79 Å². The second-order valence-corrected chi connectivity index (χ2v) is 3.95. The van der Waals surface area contributed by atoms with Crippen molar-refractivity contribution in [2.45, 2.75) is 0 Å². The number of hydrogen-bond donors (Lipinski definition) is 1. The van der Waals surface area contributed by atoms with Gasteiger partial charge in [-0.25, -0.2) is 0 Å². The SMILES string of the molecule is COc1ccc(C([As])=CC(=O)O)cc1OC. The fourth-order valence-corrected chi connectivity index (χ4v) is 1.72. The molecule has 0 fully saturated rings. The number of carboxylic acid groups (broad SMARTS) is 1. The summed E-state index contributed by atoms with van der Waals surface area (Å²) < 4.78 is 10.8. The van der Waals surface area contributed by atoms with Gasteiger partial charge < -0.3 is 0 Å². The number of carboxylic acids is 1. The first kappa shape index (κ1) is 12.7. The van der Waals surface area contributed by atoms with Crippen LogP contribution in [0.5, 0.6) is 11.5 Å². The molecule has 0 aromatic heterocycles. The van der Waals surface area contributed by atoms with Crippen molar-refractivity contribution in [2.24, 2.45) is 0 Å². The van der Waals surface area contributed by atoms with Crippen LogP contribution in [0, 0.1) is 0 Å². The number of methoxy groups -OCH3 is 2. The molecule has 1 aromatic rings. The monoisotopic (exact) mass is 282 g/mol. The van der Waals surface area contributed by atoms with E-state index in [0.29, 0.717) is 15.9 Å². The van der Waals surface area contributed by atoms with E-state index in [-0.39, 0.29) is 0 Å². The zero-order valence-corrected chi connectivity index (χ0v) is 10.8. The summed E-state index contributed by atoms with van der Waals surface area (Å²) in [5.41, 5.74) is 0.764. The first-order valence-corrected chi connectivity index (χ1v) is 5.38. The average Bonchev–Trinajstić information content (AvgIpc) is 2.27. The molecule has 4 nitrogen and oxygen atoms in total. The molecule has 0 unspecified atom stereocenters. The summed E-state index contributed by atoms with van der Waals surface area (Å²) in [5, 5.41) is 8.63. The summed E-state index contributed by atoms with van der Waals surface area (Å²) in [6, 6.07) is 5.23. The van der Waals surface area contributed by atoms with Gasteiger partial charge >= 0.3 is 102 Å². The van der Waals surface area contributed by atoms with Gasteiger partial charge in [-0.2, -0.15) is 0 Å². The van der Waals surface area contributed by atoms with Gasteiger partial charge in [-0.15, -0.1) is 0 Å². The summed E-state index contributed by atoms with van der Waals surface area (Å²) in [7, 11) is 3.08. The number of rotatable bonds is 4. The number of hydrogen-bond acceptors (Lipinski definition) is 3. The molecule has 0 heterocycles. The Labute approximate surface area is 102 Å². The molecular formula is C11H11AsO4. The van der Waals surface area contributed by atoms with Gasteiger partial charge in [-0.05, 0) is 0 Å². The molecule has 0 amide bonds. The van der Waals surface area contributed by atoms with Gasteiger partial charge in [0.2, 0.25) is 0 Å². The molecule has 0 bridgehead atoms. The van der Waals surface area contributed by atoms with Gasteiger partial charge in [0.15, 0.2) is 0 Å². The van der Waals surface area contributed by atoms with Gasteiger partial charge in [0.1, 0.15) is 0 Å². The fourth-order valence-electron chi connectivity index (χ4n) is 1.20. The van der Waals surface area contributed by atoms with E-state index in [9.17, 15) is 4.79 Å². The number of benzene rings is 1. The van der Waals surface area contributed by atoms with E-state index < -0.39 is 5.97 Å². The van der Waals surface area contributed by atoms with Crippen LogP contribution < -0.4 is 9.47 Å². The average molecular weight is 282 g/mol. The molecule has 0 saturated heterocycles. The summed E-state index contributed by atoms with van der Waals surface area (Å²) >= 11 is 2.21. The van der Waals surface area contributed by atoms with Crippen molar-refractivity contribution in [3.63, 3.8) is 0 Å². The van der Waals surface area contributed by atoms with Gasteiger partial charge in [0.25, 0.3) is 0 Å². The second kappa shape index (κ2) is 5.61. The van der Waals surface area contributed by atoms with Crippen LogP contribution in [0.1, 0.15) is 5.56 Å². The van der Waals surface area contributed by atoms with Crippen molar-refractivity contribution in [3.05, 3.63) is 29.8 Å². The summed E-state index contributed by atoms with van der Waals surface area (Å²) in [6.45, 7) is 0. The first-order chi connectivity index (χ1) is 7.58. The minimum absolute atomic E-state index is 0.572. The van der Waals surface area contributed by atoms with Crippen LogP contribution in [0.3, 0.4) is 0 Å². The van der Waals surface area contributed by atoms with E-state index in [1.165, 1.54) is 7.11 Å². The van der Waals surface area contributed by atoms with E-state index in [2.05, 4.69) is 16.9 Å². The molecule has 0 aliphatic heterocycles. The molecule has 1 aromatic carbocycles. The van der Waals surface area contributed by atoms with Crippen molar-refractivity contribution in [3.8, 4) is 11.5 Å². The van der Waals surface area contributed by atoms with Gasteiger partial charge in [-0.1, -0.05) is 0 Å². The molecule has 1 N–H and O–H groups in total. The molecule has 2 radical (unpaired) electrons. The van der Waals surface area contributed by atoms with Gasteiger partial charge in [-0.3, -0.25) is 0 Å². The van der Waals surface area contributed by atoms with Crippen molar-refractivity contribution in [1.82, 2.24) is 0 Å². The molecule has 0 aliphatic rings.